The molecule has 0 radical (unpaired) electrons. The average Bonchev–Trinajstić information content (AvgIpc) is 3.32. The molecule has 0 aliphatic rings. The van der Waals surface area contributed by atoms with Crippen LogP contribution in [0.2, 0.25) is 0 Å². The van der Waals surface area contributed by atoms with E-state index in [9.17, 15) is 13.2 Å². The number of aryl methyl sites for hydroxylation is 3. The van der Waals surface area contributed by atoms with Gasteiger partial charge in [-0.3, -0.25) is 9.10 Å². The molecule has 5 aromatic rings. The highest BCUT2D eigenvalue weighted by Gasteiger charge is 2.28. The fourth-order valence-corrected chi connectivity index (χ4v) is 6.84. The number of para-hydroxylation sites is 1. The summed E-state index contributed by atoms with van der Waals surface area (Å²) in [6.07, 6.45) is 1.61. The summed E-state index contributed by atoms with van der Waals surface area (Å²) in [4.78, 5) is 13.6. The van der Waals surface area contributed by atoms with Gasteiger partial charge in [-0.2, -0.15) is 5.10 Å². The van der Waals surface area contributed by atoms with Gasteiger partial charge in [0, 0.05) is 22.6 Å². The molecule has 0 atom stereocenters. The molecule has 0 spiro atoms. The van der Waals surface area contributed by atoms with Crippen LogP contribution in [0.1, 0.15) is 44.0 Å². The summed E-state index contributed by atoms with van der Waals surface area (Å²) in [6, 6.07) is 30.4. The second-order valence-electron chi connectivity index (χ2n) is 10.8. The molecule has 45 heavy (non-hydrogen) atoms. The number of aromatic nitrogens is 1. The number of ether oxygens (including phenoxy) is 1. The molecule has 9 heteroatoms. The number of sulfonamides is 1. The first kappa shape index (κ1) is 31.3. The molecular weight excluding hydrogens is 584 g/mol. The first-order chi connectivity index (χ1) is 21.6. The summed E-state index contributed by atoms with van der Waals surface area (Å²) in [6.45, 7) is 8.22. The lowest BCUT2D eigenvalue weighted by Gasteiger charge is -2.26. The number of methoxy groups -OCH3 is 1. The monoisotopic (exact) mass is 620 g/mol. The summed E-state index contributed by atoms with van der Waals surface area (Å²) in [5.41, 5.74) is 10.1. The van der Waals surface area contributed by atoms with Crippen LogP contribution in [0.15, 0.2) is 113 Å². The van der Waals surface area contributed by atoms with Gasteiger partial charge in [0.2, 0.25) is 0 Å². The summed E-state index contributed by atoms with van der Waals surface area (Å²) >= 11 is 0. The van der Waals surface area contributed by atoms with E-state index in [1.54, 1.807) is 42.6 Å². The minimum absolute atomic E-state index is 0.0210. The lowest BCUT2D eigenvalue weighted by Crippen LogP contribution is -2.33. The fourth-order valence-electron chi connectivity index (χ4n) is 5.37. The quantitative estimate of drug-likeness (QED) is 0.136. The van der Waals surface area contributed by atoms with Crippen molar-refractivity contribution in [3.63, 3.8) is 0 Å². The number of carbonyl (C=O) groups excluding carboxylic acids is 1. The molecule has 5 rings (SSSR count). The molecule has 0 bridgehead atoms. The zero-order chi connectivity index (χ0) is 32.1. The van der Waals surface area contributed by atoms with Crippen molar-refractivity contribution in [2.24, 2.45) is 5.10 Å². The van der Waals surface area contributed by atoms with Gasteiger partial charge >= 0.3 is 0 Å². The van der Waals surface area contributed by atoms with Gasteiger partial charge in [-0.1, -0.05) is 60.2 Å². The Morgan fingerprint density at radius 2 is 1.58 bits per heavy atom. The second-order valence-corrected chi connectivity index (χ2v) is 12.7. The van der Waals surface area contributed by atoms with Crippen LogP contribution in [0.5, 0.6) is 5.75 Å². The smallest absolute Gasteiger partial charge is 0.273 e. The van der Waals surface area contributed by atoms with Crippen LogP contribution in [0.4, 0.5) is 5.69 Å². The molecule has 0 saturated carbocycles. The van der Waals surface area contributed by atoms with E-state index in [4.69, 9.17) is 4.74 Å². The molecule has 8 nitrogen and oxygen atoms in total. The van der Waals surface area contributed by atoms with Crippen LogP contribution in [-0.2, 0) is 16.6 Å². The predicted molar refractivity (Wildman–Crippen MR) is 179 cm³/mol. The van der Waals surface area contributed by atoms with Crippen molar-refractivity contribution < 1.29 is 17.9 Å². The van der Waals surface area contributed by atoms with E-state index in [0.29, 0.717) is 5.75 Å². The molecule has 0 unspecified atom stereocenters. The minimum atomic E-state index is -4.08. The maximum atomic E-state index is 14.1. The lowest BCUT2D eigenvalue weighted by atomic mass is 10.1. The molecule has 0 saturated heterocycles. The van der Waals surface area contributed by atoms with Gasteiger partial charge in [0.1, 0.15) is 5.75 Å². The van der Waals surface area contributed by atoms with Crippen LogP contribution >= 0.6 is 0 Å². The Labute approximate surface area is 264 Å². The molecular formula is C36H36N4O4S. The third-order valence-corrected chi connectivity index (χ3v) is 9.44. The lowest BCUT2D eigenvalue weighted by molar-refractivity contribution is 0.0955. The SMILES string of the molecule is COc1ccc(S(=O)(=O)N(Cc2ccccc2)c2ccccc2C(=O)N/N=C/c2cc(C)n(-c3ccc(C)cc3C)c2C)cc1. The number of amides is 1. The number of rotatable bonds is 10. The molecule has 0 aliphatic heterocycles. The highest BCUT2D eigenvalue weighted by Crippen LogP contribution is 2.30. The molecule has 1 aromatic heterocycles. The highest BCUT2D eigenvalue weighted by atomic mass is 32.2. The Kier molecular flexibility index (Phi) is 9.20. The molecule has 1 N–H and O–H groups in total. The van der Waals surface area contributed by atoms with E-state index >= 15 is 0 Å². The molecule has 1 heterocycles. The maximum Gasteiger partial charge on any atom is 0.273 e. The van der Waals surface area contributed by atoms with Crippen molar-refractivity contribution in [3.8, 4) is 11.4 Å². The number of hydrogen-bond donors (Lipinski definition) is 1. The molecule has 4 aromatic carbocycles. The van der Waals surface area contributed by atoms with Gasteiger partial charge in [0.05, 0.1) is 36.0 Å². The zero-order valence-electron chi connectivity index (χ0n) is 26.0. The van der Waals surface area contributed by atoms with Crippen molar-refractivity contribution in [3.05, 3.63) is 142 Å². The summed E-state index contributed by atoms with van der Waals surface area (Å²) in [5.74, 6) is 0.00371. The van der Waals surface area contributed by atoms with Gasteiger partial charge in [0.25, 0.3) is 15.9 Å². The average molecular weight is 621 g/mol. The number of carbonyl (C=O) groups is 1. The van der Waals surface area contributed by atoms with Gasteiger partial charge in [0.15, 0.2) is 0 Å². The van der Waals surface area contributed by atoms with E-state index < -0.39 is 15.9 Å². The number of nitrogens with zero attached hydrogens (tertiary/aromatic N) is 3. The minimum Gasteiger partial charge on any atom is -0.497 e. The van der Waals surface area contributed by atoms with E-state index in [1.165, 1.54) is 29.1 Å². The number of hydrazone groups is 1. The van der Waals surface area contributed by atoms with Gasteiger partial charge in [-0.25, -0.2) is 13.8 Å². The number of hydrogen-bond acceptors (Lipinski definition) is 5. The zero-order valence-corrected chi connectivity index (χ0v) is 26.8. The standard InChI is InChI=1S/C36H36N4O4S/c1-25-15-20-34(26(2)21-25)40-27(3)22-30(28(40)4)23-37-38-36(41)33-13-9-10-14-35(33)39(24-29-11-7-6-8-12-29)45(42,43)32-18-16-31(44-5)17-19-32/h6-23H,24H2,1-5H3,(H,38,41)/b37-23+. The van der Waals surface area contributed by atoms with E-state index in [-0.39, 0.29) is 22.7 Å². The second kappa shape index (κ2) is 13.2. The molecule has 0 fully saturated rings. The summed E-state index contributed by atoms with van der Waals surface area (Å²) < 4.78 is 36.8. The van der Waals surface area contributed by atoms with E-state index in [2.05, 4.69) is 47.1 Å². The van der Waals surface area contributed by atoms with Gasteiger partial charge in [-0.05, 0) is 87.4 Å². The maximum absolute atomic E-state index is 14.1. The van der Waals surface area contributed by atoms with Crippen LogP contribution in [0.25, 0.3) is 5.69 Å². The van der Waals surface area contributed by atoms with Crippen molar-refractivity contribution in [1.82, 2.24) is 9.99 Å². The van der Waals surface area contributed by atoms with E-state index in [0.717, 1.165) is 33.8 Å². The molecule has 230 valence electrons. The normalized spacial score (nSPS) is 11.5. The number of benzene rings is 4. The van der Waals surface area contributed by atoms with Crippen molar-refractivity contribution in [1.29, 1.82) is 0 Å². The number of anilines is 1. The molecule has 0 aliphatic carbocycles. The van der Waals surface area contributed by atoms with Crippen molar-refractivity contribution in [2.75, 3.05) is 11.4 Å². The molecule has 1 amide bonds. The van der Waals surface area contributed by atoms with Crippen LogP contribution < -0.4 is 14.5 Å². The Balaban J connectivity index is 1.46. The first-order valence-electron chi connectivity index (χ1n) is 14.5. The summed E-state index contributed by atoms with van der Waals surface area (Å²) in [5, 5.41) is 4.27. The van der Waals surface area contributed by atoms with Gasteiger partial charge < -0.3 is 9.30 Å². The fraction of sp³-hybridized carbons (Fsp3) is 0.167. The Morgan fingerprint density at radius 1 is 0.889 bits per heavy atom. The van der Waals surface area contributed by atoms with Gasteiger partial charge in [-0.15, -0.1) is 0 Å². The van der Waals surface area contributed by atoms with Crippen LogP contribution in [0, 0.1) is 27.7 Å². The third kappa shape index (κ3) is 6.68. The Morgan fingerprint density at radius 3 is 2.27 bits per heavy atom. The largest absolute Gasteiger partial charge is 0.497 e. The Hall–Kier alpha value is -5.15. The van der Waals surface area contributed by atoms with Crippen molar-refractivity contribution >= 4 is 27.8 Å². The number of nitrogens with one attached hydrogen (secondary N) is 1. The topological polar surface area (TPSA) is 93.0 Å². The van der Waals surface area contributed by atoms with Crippen LogP contribution in [-0.4, -0.2) is 32.2 Å². The highest BCUT2D eigenvalue weighted by molar-refractivity contribution is 7.92. The Bertz CT molecular complexity index is 1960. The first-order valence-corrected chi connectivity index (χ1v) is 15.9. The predicted octanol–water partition coefficient (Wildman–Crippen LogP) is 6.88. The van der Waals surface area contributed by atoms with Crippen molar-refractivity contribution in [2.45, 2.75) is 39.1 Å². The van der Waals surface area contributed by atoms with E-state index in [1.807, 2.05) is 50.2 Å². The van der Waals surface area contributed by atoms with Crippen LogP contribution in [0.3, 0.4) is 0 Å². The summed E-state index contributed by atoms with van der Waals surface area (Å²) in [7, 11) is -2.56. The third-order valence-electron chi connectivity index (χ3n) is 7.67.